The molecule has 0 aromatic heterocycles. The average molecular weight is 279 g/mol. The van der Waals surface area contributed by atoms with Crippen LogP contribution in [0.5, 0.6) is 0 Å². The summed E-state index contributed by atoms with van der Waals surface area (Å²) in [6.07, 6.45) is 1.26. The maximum absolute atomic E-state index is 13.1. The van der Waals surface area contributed by atoms with Crippen LogP contribution < -0.4 is 0 Å². The smallest absolute Gasteiger partial charge is 0.308 e. The minimum absolute atomic E-state index is 0.221. The zero-order valence-corrected chi connectivity index (χ0v) is 11.6. The number of carboxylic acid groups (broad SMARTS) is 1. The van der Waals surface area contributed by atoms with Crippen LogP contribution in [0.4, 0.5) is 4.39 Å². The Morgan fingerprint density at radius 2 is 2.10 bits per heavy atom. The fourth-order valence-electron chi connectivity index (χ4n) is 2.78. The predicted molar refractivity (Wildman–Crippen MR) is 72.0 cm³/mol. The Bertz CT molecular complexity index is 544. The van der Waals surface area contributed by atoms with E-state index in [1.165, 1.54) is 18.2 Å². The topological polar surface area (TPSA) is 57.6 Å². The van der Waals surface area contributed by atoms with Crippen LogP contribution in [0.2, 0.25) is 0 Å². The molecule has 0 spiro atoms. The summed E-state index contributed by atoms with van der Waals surface area (Å²) in [4.78, 5) is 25.3. The molecule has 20 heavy (non-hydrogen) atoms. The van der Waals surface area contributed by atoms with Crippen molar-refractivity contribution in [3.05, 3.63) is 35.1 Å². The van der Waals surface area contributed by atoms with Crippen molar-refractivity contribution in [3.63, 3.8) is 0 Å². The summed E-state index contributed by atoms with van der Waals surface area (Å²) in [6, 6.07) is 3.68. The van der Waals surface area contributed by atoms with Gasteiger partial charge in [-0.3, -0.25) is 9.59 Å². The van der Waals surface area contributed by atoms with Gasteiger partial charge < -0.3 is 10.0 Å². The Morgan fingerprint density at radius 1 is 1.40 bits per heavy atom. The molecule has 1 aliphatic rings. The van der Waals surface area contributed by atoms with Crippen LogP contribution in [0.3, 0.4) is 0 Å². The molecule has 0 unspecified atom stereocenters. The highest BCUT2D eigenvalue weighted by atomic mass is 19.1. The van der Waals surface area contributed by atoms with Gasteiger partial charge in [0.25, 0.3) is 5.91 Å². The van der Waals surface area contributed by atoms with Gasteiger partial charge in [-0.05, 0) is 50.5 Å². The van der Waals surface area contributed by atoms with E-state index in [9.17, 15) is 19.1 Å². The van der Waals surface area contributed by atoms with Gasteiger partial charge in [0, 0.05) is 18.2 Å². The molecule has 1 amide bonds. The van der Waals surface area contributed by atoms with E-state index in [0.717, 1.165) is 0 Å². The van der Waals surface area contributed by atoms with Crippen molar-refractivity contribution in [2.75, 3.05) is 6.54 Å². The first-order chi connectivity index (χ1) is 9.41. The molecule has 1 N–H and O–H groups in total. The van der Waals surface area contributed by atoms with Crippen molar-refractivity contribution in [2.45, 2.75) is 32.7 Å². The van der Waals surface area contributed by atoms with E-state index in [1.807, 2.05) is 0 Å². The number of carbonyl (C=O) groups excluding carboxylic acids is 1. The quantitative estimate of drug-likeness (QED) is 0.904. The molecule has 108 valence electrons. The van der Waals surface area contributed by atoms with Gasteiger partial charge in [-0.2, -0.15) is 0 Å². The number of carboxylic acids is 1. The number of benzene rings is 1. The Hall–Kier alpha value is -1.91. The van der Waals surface area contributed by atoms with Crippen LogP contribution in [0, 0.1) is 18.7 Å². The maximum Gasteiger partial charge on any atom is 0.308 e. The highest BCUT2D eigenvalue weighted by Gasteiger charge is 2.35. The summed E-state index contributed by atoms with van der Waals surface area (Å²) in [6.45, 7) is 3.98. The van der Waals surface area contributed by atoms with Crippen molar-refractivity contribution < 1.29 is 19.1 Å². The largest absolute Gasteiger partial charge is 0.481 e. The van der Waals surface area contributed by atoms with Crippen molar-refractivity contribution in [2.24, 2.45) is 5.92 Å². The van der Waals surface area contributed by atoms with Crippen LogP contribution in [0.1, 0.15) is 35.7 Å². The number of aryl methyl sites for hydroxylation is 1. The molecule has 5 heteroatoms. The van der Waals surface area contributed by atoms with Gasteiger partial charge in [-0.1, -0.05) is 0 Å². The van der Waals surface area contributed by atoms with Crippen LogP contribution in [0.15, 0.2) is 18.2 Å². The van der Waals surface area contributed by atoms with E-state index < -0.39 is 11.9 Å². The molecule has 1 aromatic carbocycles. The Kier molecular flexibility index (Phi) is 4.06. The molecule has 1 fully saturated rings. The summed E-state index contributed by atoms with van der Waals surface area (Å²) in [7, 11) is 0. The van der Waals surface area contributed by atoms with Gasteiger partial charge >= 0.3 is 5.97 Å². The fraction of sp³-hybridized carbons (Fsp3) is 0.467. The van der Waals surface area contributed by atoms with E-state index >= 15 is 0 Å². The molecule has 1 aromatic rings. The van der Waals surface area contributed by atoms with E-state index in [0.29, 0.717) is 30.5 Å². The van der Waals surface area contributed by atoms with Gasteiger partial charge in [-0.15, -0.1) is 0 Å². The molecule has 2 rings (SSSR count). The number of piperidine rings is 1. The second kappa shape index (κ2) is 5.61. The van der Waals surface area contributed by atoms with Crippen LogP contribution in [0.25, 0.3) is 0 Å². The molecule has 0 aliphatic carbocycles. The van der Waals surface area contributed by atoms with E-state index in [-0.39, 0.29) is 17.8 Å². The Labute approximate surface area is 117 Å². The lowest BCUT2D eigenvalue weighted by Gasteiger charge is -2.37. The lowest BCUT2D eigenvalue weighted by atomic mass is 9.89. The standard InChI is InChI=1S/C15H18FNO3/c1-9-8-11(16)5-6-12(9)14(18)17-7-3-4-13(10(17)2)15(19)20/h5-6,8,10,13H,3-4,7H2,1-2H3,(H,19,20)/t10-,13-/m1/s1. The number of hydrogen-bond acceptors (Lipinski definition) is 2. The minimum atomic E-state index is -0.870. The fourth-order valence-corrected chi connectivity index (χ4v) is 2.78. The second-order valence-corrected chi connectivity index (χ2v) is 5.29. The van der Waals surface area contributed by atoms with Gasteiger partial charge in [0.05, 0.1) is 5.92 Å². The van der Waals surface area contributed by atoms with Crippen molar-refractivity contribution in [3.8, 4) is 0 Å². The molecule has 1 saturated heterocycles. The van der Waals surface area contributed by atoms with Crippen molar-refractivity contribution in [1.29, 1.82) is 0 Å². The summed E-state index contributed by atoms with van der Waals surface area (Å²) in [5.74, 6) is -2.01. The molecule has 2 atom stereocenters. The molecule has 1 aliphatic heterocycles. The zero-order chi connectivity index (χ0) is 14.9. The number of halogens is 1. The van der Waals surface area contributed by atoms with Gasteiger partial charge in [0.2, 0.25) is 0 Å². The monoisotopic (exact) mass is 279 g/mol. The molecule has 4 nitrogen and oxygen atoms in total. The third-order valence-electron chi connectivity index (χ3n) is 3.98. The van der Waals surface area contributed by atoms with Gasteiger partial charge in [0.1, 0.15) is 5.82 Å². The number of hydrogen-bond donors (Lipinski definition) is 1. The number of aliphatic carboxylic acids is 1. The van der Waals surface area contributed by atoms with E-state index in [4.69, 9.17) is 0 Å². The highest BCUT2D eigenvalue weighted by Crippen LogP contribution is 2.26. The predicted octanol–water partition coefficient (Wildman–Crippen LogP) is 2.46. The maximum atomic E-state index is 13.1. The second-order valence-electron chi connectivity index (χ2n) is 5.29. The summed E-state index contributed by atoms with van der Waals surface area (Å²) in [5, 5.41) is 9.18. The number of likely N-dealkylation sites (tertiary alicyclic amines) is 1. The molecule has 0 bridgehead atoms. The van der Waals surface area contributed by atoms with Crippen molar-refractivity contribution in [1.82, 2.24) is 4.90 Å². The molecule has 0 radical (unpaired) electrons. The number of amides is 1. The van der Waals surface area contributed by atoms with E-state index in [1.54, 1.807) is 18.7 Å². The average Bonchev–Trinajstić information content (AvgIpc) is 2.38. The van der Waals surface area contributed by atoms with Crippen LogP contribution >= 0.6 is 0 Å². The Morgan fingerprint density at radius 3 is 2.70 bits per heavy atom. The first-order valence-corrected chi connectivity index (χ1v) is 6.71. The Balaban J connectivity index is 2.26. The first kappa shape index (κ1) is 14.5. The molecule has 0 saturated carbocycles. The lowest BCUT2D eigenvalue weighted by Crippen LogP contribution is -2.49. The number of rotatable bonds is 2. The third kappa shape index (κ3) is 2.66. The van der Waals surface area contributed by atoms with Gasteiger partial charge in [-0.25, -0.2) is 4.39 Å². The van der Waals surface area contributed by atoms with Crippen LogP contribution in [-0.4, -0.2) is 34.5 Å². The molecular formula is C15H18FNO3. The third-order valence-corrected chi connectivity index (χ3v) is 3.98. The minimum Gasteiger partial charge on any atom is -0.481 e. The normalized spacial score (nSPS) is 22.6. The van der Waals surface area contributed by atoms with Gasteiger partial charge in [0.15, 0.2) is 0 Å². The molecular weight excluding hydrogens is 261 g/mol. The molecule has 1 heterocycles. The summed E-state index contributed by atoms with van der Waals surface area (Å²) >= 11 is 0. The van der Waals surface area contributed by atoms with Crippen LogP contribution in [-0.2, 0) is 4.79 Å². The van der Waals surface area contributed by atoms with Crippen molar-refractivity contribution >= 4 is 11.9 Å². The number of nitrogens with zero attached hydrogens (tertiary/aromatic N) is 1. The lowest BCUT2D eigenvalue weighted by molar-refractivity contribution is -0.144. The highest BCUT2D eigenvalue weighted by molar-refractivity contribution is 5.96. The first-order valence-electron chi connectivity index (χ1n) is 6.71. The van der Waals surface area contributed by atoms with E-state index in [2.05, 4.69) is 0 Å². The summed E-state index contributed by atoms with van der Waals surface area (Å²) in [5.41, 5.74) is 1.00. The SMILES string of the molecule is Cc1cc(F)ccc1C(=O)N1CCC[C@@H](C(=O)O)[C@H]1C. The zero-order valence-electron chi connectivity index (χ0n) is 11.6. The number of carbonyl (C=O) groups is 2. The summed E-state index contributed by atoms with van der Waals surface area (Å²) < 4.78 is 13.1.